The second kappa shape index (κ2) is 9.35. The van der Waals surface area contributed by atoms with Crippen LogP contribution < -0.4 is 40.0 Å². The molecule has 0 heterocycles. The zero-order valence-corrected chi connectivity index (χ0v) is 14.7. The van der Waals surface area contributed by atoms with Crippen LogP contribution in [0.2, 0.25) is 0 Å². The fourth-order valence-electron chi connectivity index (χ4n) is 1.65. The molecule has 0 saturated carbocycles. The second-order valence-corrected chi connectivity index (χ2v) is 4.50. The van der Waals surface area contributed by atoms with Crippen molar-refractivity contribution >= 4 is 17.3 Å². The summed E-state index contributed by atoms with van der Waals surface area (Å²) in [6, 6.07) is 13.0. The van der Waals surface area contributed by atoms with Crippen LogP contribution in [-0.4, -0.2) is 12.5 Å². The van der Waals surface area contributed by atoms with Gasteiger partial charge in [-0.05, 0) is 42.8 Å². The average molecular weight is 305 g/mol. The first-order valence-electron chi connectivity index (χ1n) is 6.76. The van der Waals surface area contributed by atoms with Crippen LogP contribution in [0.25, 0.3) is 0 Å². The number of carbonyl (C=O) groups excluding carboxylic acids is 1. The monoisotopic (exact) mass is 305 g/mol. The summed E-state index contributed by atoms with van der Waals surface area (Å²) in [6.45, 7) is 2.67. The number of rotatable bonds is 5. The molecule has 0 spiro atoms. The molecular formula is C16H16N3NaO2. The number of carbonyl (C=O) groups is 1. The van der Waals surface area contributed by atoms with E-state index >= 15 is 0 Å². The predicted octanol–water partition coefficient (Wildman–Crippen LogP) is 0.319. The Kier molecular flexibility index (Phi) is 7.80. The zero-order chi connectivity index (χ0) is 15.1. The van der Waals surface area contributed by atoms with E-state index in [4.69, 9.17) is 0 Å². The molecule has 0 aliphatic heterocycles. The summed E-state index contributed by atoms with van der Waals surface area (Å²) in [6.07, 6.45) is 0.903. The molecule has 1 amide bonds. The predicted molar refractivity (Wildman–Crippen MR) is 79.1 cm³/mol. The Labute approximate surface area is 151 Å². The third-order valence-corrected chi connectivity index (χ3v) is 2.78. The summed E-state index contributed by atoms with van der Waals surface area (Å²) in [4.78, 5) is 11.7. The van der Waals surface area contributed by atoms with Gasteiger partial charge in [-0.2, -0.15) is 10.2 Å². The minimum Gasteiger partial charge on any atom is -0.872 e. The van der Waals surface area contributed by atoms with Crippen LogP contribution in [0.5, 0.6) is 5.75 Å². The smallest absolute Gasteiger partial charge is 0.872 e. The minimum absolute atomic E-state index is 0. The van der Waals surface area contributed by atoms with Crippen molar-refractivity contribution in [1.82, 2.24) is 5.32 Å². The maximum absolute atomic E-state index is 11.7. The van der Waals surface area contributed by atoms with E-state index < -0.39 is 0 Å². The Morgan fingerprint density at radius 1 is 1.00 bits per heavy atom. The molecule has 5 nitrogen and oxygen atoms in total. The first-order valence-corrected chi connectivity index (χ1v) is 6.76. The SMILES string of the molecule is CCCNC(=O)c1ccc(N=Nc2ccc([O-])cc2)cc1.[Na+]. The average Bonchev–Trinajstić information content (AvgIpc) is 2.52. The summed E-state index contributed by atoms with van der Waals surface area (Å²) in [5.74, 6) is -0.150. The summed E-state index contributed by atoms with van der Waals surface area (Å²) in [5.41, 5.74) is 1.85. The summed E-state index contributed by atoms with van der Waals surface area (Å²) in [5, 5.41) is 21.9. The standard InChI is InChI=1S/C16H17N3O2.Na/c1-2-11-17-16(21)12-3-5-13(6-4-12)18-19-14-7-9-15(20)10-8-14;/h3-10,20H,2,11H2,1H3,(H,17,21);/q;+1/p-1. The van der Waals surface area contributed by atoms with Crippen LogP contribution in [0.1, 0.15) is 23.7 Å². The van der Waals surface area contributed by atoms with E-state index in [9.17, 15) is 9.90 Å². The van der Waals surface area contributed by atoms with Crippen molar-refractivity contribution in [3.05, 3.63) is 54.1 Å². The Balaban J connectivity index is 0.00000242. The molecule has 0 aliphatic carbocycles. The van der Waals surface area contributed by atoms with E-state index in [2.05, 4.69) is 15.5 Å². The first-order chi connectivity index (χ1) is 10.2. The first kappa shape index (κ1) is 18.4. The molecule has 2 aromatic rings. The quantitative estimate of drug-likeness (QED) is 0.638. The van der Waals surface area contributed by atoms with E-state index in [1.807, 2.05) is 6.92 Å². The van der Waals surface area contributed by atoms with Crippen LogP contribution in [0.3, 0.4) is 0 Å². The van der Waals surface area contributed by atoms with Gasteiger partial charge in [0, 0.05) is 12.1 Å². The van der Waals surface area contributed by atoms with E-state index in [1.54, 1.807) is 36.4 Å². The molecule has 6 heteroatoms. The van der Waals surface area contributed by atoms with Crippen molar-refractivity contribution in [3.8, 4) is 5.75 Å². The summed E-state index contributed by atoms with van der Waals surface area (Å²) >= 11 is 0. The van der Waals surface area contributed by atoms with Crippen molar-refractivity contribution < 1.29 is 39.5 Å². The summed E-state index contributed by atoms with van der Waals surface area (Å²) < 4.78 is 0. The van der Waals surface area contributed by atoms with Gasteiger partial charge in [-0.1, -0.05) is 19.1 Å². The van der Waals surface area contributed by atoms with Crippen LogP contribution in [0, 0.1) is 0 Å². The Hall–Kier alpha value is -1.69. The minimum atomic E-state index is -0.0913. The van der Waals surface area contributed by atoms with Gasteiger partial charge in [0.15, 0.2) is 0 Å². The zero-order valence-electron chi connectivity index (χ0n) is 12.7. The topological polar surface area (TPSA) is 76.9 Å². The van der Waals surface area contributed by atoms with Crippen LogP contribution in [0.4, 0.5) is 11.4 Å². The molecule has 22 heavy (non-hydrogen) atoms. The third-order valence-electron chi connectivity index (χ3n) is 2.78. The van der Waals surface area contributed by atoms with Crippen LogP contribution in [0.15, 0.2) is 58.8 Å². The molecule has 0 fully saturated rings. The van der Waals surface area contributed by atoms with Crippen LogP contribution >= 0.6 is 0 Å². The van der Waals surface area contributed by atoms with Gasteiger partial charge < -0.3 is 10.4 Å². The number of hydrogen-bond donors (Lipinski definition) is 1. The molecule has 2 aromatic carbocycles. The van der Waals surface area contributed by atoms with Crippen molar-refractivity contribution in [2.45, 2.75) is 13.3 Å². The second-order valence-electron chi connectivity index (χ2n) is 4.50. The van der Waals surface area contributed by atoms with Crippen molar-refractivity contribution in [2.75, 3.05) is 6.54 Å². The van der Waals surface area contributed by atoms with Gasteiger partial charge in [0.1, 0.15) is 0 Å². The normalized spacial score (nSPS) is 10.2. The molecule has 1 N–H and O–H groups in total. The molecule has 0 radical (unpaired) electrons. The maximum atomic E-state index is 11.7. The van der Waals surface area contributed by atoms with Gasteiger partial charge in [0.2, 0.25) is 0 Å². The molecular weight excluding hydrogens is 289 g/mol. The number of nitrogens with zero attached hydrogens (tertiary/aromatic N) is 2. The van der Waals surface area contributed by atoms with Crippen LogP contribution in [-0.2, 0) is 0 Å². The number of benzene rings is 2. The van der Waals surface area contributed by atoms with Gasteiger partial charge in [0.25, 0.3) is 5.91 Å². The number of nitrogens with one attached hydrogen (secondary N) is 1. The Morgan fingerprint density at radius 3 is 2.00 bits per heavy atom. The molecule has 0 saturated heterocycles. The van der Waals surface area contributed by atoms with Gasteiger partial charge in [0.05, 0.1) is 11.4 Å². The number of amides is 1. The van der Waals surface area contributed by atoms with E-state index in [1.165, 1.54) is 12.1 Å². The van der Waals surface area contributed by atoms with Gasteiger partial charge in [-0.25, -0.2) is 0 Å². The molecule has 0 atom stereocenters. The molecule has 0 bridgehead atoms. The molecule has 0 aliphatic rings. The molecule has 2 rings (SSSR count). The van der Waals surface area contributed by atoms with Gasteiger partial charge >= 0.3 is 29.6 Å². The fraction of sp³-hybridized carbons (Fsp3) is 0.188. The largest absolute Gasteiger partial charge is 1.00 e. The maximum Gasteiger partial charge on any atom is 1.00 e. The van der Waals surface area contributed by atoms with Gasteiger partial charge in [-0.3, -0.25) is 4.79 Å². The number of azo groups is 1. The van der Waals surface area contributed by atoms with E-state index in [0.29, 0.717) is 23.5 Å². The Bertz CT molecular complexity index is 625. The molecule has 0 aromatic heterocycles. The number of hydrogen-bond acceptors (Lipinski definition) is 4. The third kappa shape index (κ3) is 5.60. The van der Waals surface area contributed by atoms with Crippen molar-refractivity contribution in [3.63, 3.8) is 0 Å². The van der Waals surface area contributed by atoms with Gasteiger partial charge in [-0.15, -0.1) is 5.75 Å². The van der Waals surface area contributed by atoms with Crippen molar-refractivity contribution in [1.29, 1.82) is 0 Å². The summed E-state index contributed by atoms with van der Waals surface area (Å²) in [7, 11) is 0. The Morgan fingerprint density at radius 2 is 1.50 bits per heavy atom. The van der Waals surface area contributed by atoms with E-state index in [-0.39, 0.29) is 41.2 Å². The molecule has 0 unspecified atom stereocenters. The van der Waals surface area contributed by atoms with E-state index in [0.717, 1.165) is 6.42 Å². The molecule has 108 valence electrons. The van der Waals surface area contributed by atoms with Crippen molar-refractivity contribution in [2.24, 2.45) is 10.2 Å². The fourth-order valence-corrected chi connectivity index (χ4v) is 1.65.